The second kappa shape index (κ2) is 11.7. The van der Waals surface area contributed by atoms with Crippen LogP contribution in [0.2, 0.25) is 0 Å². The van der Waals surface area contributed by atoms with Gasteiger partial charge in [0.1, 0.15) is 0 Å². The zero-order valence-corrected chi connectivity index (χ0v) is 26.9. The second-order valence-electron chi connectivity index (χ2n) is 11.0. The van der Waals surface area contributed by atoms with Crippen molar-refractivity contribution in [2.24, 2.45) is 0 Å². The van der Waals surface area contributed by atoms with Crippen LogP contribution in [0.4, 0.5) is 0 Å². The summed E-state index contributed by atoms with van der Waals surface area (Å²) in [5.74, 6) is 1.46. The first-order valence-corrected chi connectivity index (χ1v) is 14.3. The van der Waals surface area contributed by atoms with Crippen LogP contribution in [0.15, 0.2) is 89.5 Å². The molecule has 6 heteroatoms. The van der Waals surface area contributed by atoms with Gasteiger partial charge in [0.2, 0.25) is 5.71 Å². The van der Waals surface area contributed by atoms with E-state index >= 15 is 0 Å². The number of imidazole rings is 1. The molecular weight excluding hydrogens is 709 g/mol. The maximum atomic E-state index is 6.04. The number of hydrogen-bond acceptors (Lipinski definition) is 4. The van der Waals surface area contributed by atoms with Crippen LogP contribution >= 0.6 is 0 Å². The van der Waals surface area contributed by atoms with Gasteiger partial charge in [-0.2, -0.15) is 0 Å². The fourth-order valence-electron chi connectivity index (χ4n) is 5.60. The molecular formula is C37H30IrN4O-2. The van der Waals surface area contributed by atoms with E-state index in [1.807, 2.05) is 49.5 Å². The molecule has 0 atom stereocenters. The minimum absolute atomic E-state index is 0. The molecule has 5 nitrogen and oxygen atoms in total. The van der Waals surface area contributed by atoms with Gasteiger partial charge in [-0.25, -0.2) is 4.98 Å². The van der Waals surface area contributed by atoms with Crippen molar-refractivity contribution in [2.45, 2.75) is 40.2 Å². The smallest absolute Gasteiger partial charge is 0.216 e. The number of fused-ring (bicyclic) bond motifs is 3. The van der Waals surface area contributed by atoms with Gasteiger partial charge in [-0.1, -0.05) is 54.6 Å². The molecule has 0 bridgehead atoms. The van der Waals surface area contributed by atoms with Crippen molar-refractivity contribution < 1.29 is 24.5 Å². The summed E-state index contributed by atoms with van der Waals surface area (Å²) in [4.78, 5) is 13.8. The summed E-state index contributed by atoms with van der Waals surface area (Å²) < 4.78 is 8.32. The van der Waals surface area contributed by atoms with Crippen LogP contribution in [0.3, 0.4) is 0 Å². The number of benzene rings is 3. The zero-order valence-electron chi connectivity index (χ0n) is 24.5. The van der Waals surface area contributed by atoms with Gasteiger partial charge in [-0.05, 0) is 55.3 Å². The number of allylic oxidation sites excluding steroid dienone is 1. The Hall–Kier alpha value is -4.38. The molecule has 1 radical (unpaired) electrons. The molecule has 0 aliphatic carbocycles. The van der Waals surface area contributed by atoms with Crippen molar-refractivity contribution in [1.82, 2.24) is 19.5 Å². The monoisotopic (exact) mass is 739 g/mol. The maximum absolute atomic E-state index is 6.04. The van der Waals surface area contributed by atoms with Crippen LogP contribution < -0.4 is 0 Å². The molecule has 0 N–H and O–H groups in total. The second-order valence-corrected chi connectivity index (χ2v) is 11.0. The Kier molecular flexibility index (Phi) is 7.83. The number of hydrogen-bond donors (Lipinski definition) is 0. The Morgan fingerprint density at radius 2 is 1.79 bits per heavy atom. The number of rotatable bonds is 3. The van der Waals surface area contributed by atoms with Crippen LogP contribution in [-0.4, -0.2) is 19.5 Å². The van der Waals surface area contributed by atoms with Gasteiger partial charge in [0.25, 0.3) is 0 Å². The van der Waals surface area contributed by atoms with E-state index in [1.165, 1.54) is 22.2 Å². The van der Waals surface area contributed by atoms with Gasteiger partial charge >= 0.3 is 0 Å². The molecule has 43 heavy (non-hydrogen) atoms. The molecule has 0 saturated heterocycles. The van der Waals surface area contributed by atoms with Gasteiger partial charge in [-0.15, -0.1) is 54.1 Å². The average Bonchev–Trinajstić information content (AvgIpc) is 3.58. The van der Waals surface area contributed by atoms with E-state index in [4.69, 9.17) is 9.40 Å². The number of aromatic nitrogens is 4. The number of pyridine rings is 2. The third-order valence-corrected chi connectivity index (χ3v) is 7.83. The molecule has 1 aliphatic heterocycles. The first-order valence-electron chi connectivity index (χ1n) is 14.3. The molecule has 0 unspecified atom stereocenters. The fourth-order valence-corrected chi connectivity index (χ4v) is 5.60. The number of aryl methyl sites for hydroxylation is 2. The van der Waals surface area contributed by atoms with Crippen molar-refractivity contribution in [3.8, 4) is 22.6 Å². The molecule has 5 heterocycles. The first kappa shape index (κ1) is 28.7. The summed E-state index contributed by atoms with van der Waals surface area (Å²) >= 11 is 0. The number of nitrogens with zero attached hydrogens (tertiary/aromatic N) is 4. The maximum Gasteiger partial charge on any atom is 0.216 e. The van der Waals surface area contributed by atoms with E-state index in [0.717, 1.165) is 56.8 Å². The SMILES string of the molecule is Cc1ccc2c(n1)oc1c(-c3cc(C(C)C)ccn3)[c-]ccc12.Cc1ccc2nc(-c3[c-]cccc3)n3c2c1C=CC3.[Ir]. The van der Waals surface area contributed by atoms with Gasteiger partial charge in [0.05, 0.1) is 22.4 Å². The Bertz CT molecular complexity index is 2120. The third kappa shape index (κ3) is 5.22. The van der Waals surface area contributed by atoms with Crippen LogP contribution in [0.25, 0.3) is 61.8 Å². The van der Waals surface area contributed by atoms with E-state index in [2.05, 4.69) is 96.0 Å². The molecule has 215 valence electrons. The largest absolute Gasteiger partial charge is 0.486 e. The minimum atomic E-state index is 0. The summed E-state index contributed by atoms with van der Waals surface area (Å²) in [5.41, 5.74) is 11.4. The minimum Gasteiger partial charge on any atom is -0.486 e. The van der Waals surface area contributed by atoms with Gasteiger partial charge in [0, 0.05) is 49.5 Å². The van der Waals surface area contributed by atoms with Crippen molar-refractivity contribution in [1.29, 1.82) is 0 Å². The summed E-state index contributed by atoms with van der Waals surface area (Å²) in [6.07, 6.45) is 6.25. The fraction of sp³-hybridized carbons (Fsp3) is 0.162. The summed E-state index contributed by atoms with van der Waals surface area (Å²) in [6.45, 7) is 9.35. The van der Waals surface area contributed by atoms with E-state index < -0.39 is 0 Å². The quantitative estimate of drug-likeness (QED) is 0.170. The van der Waals surface area contributed by atoms with E-state index in [9.17, 15) is 0 Å². The van der Waals surface area contributed by atoms with Gasteiger partial charge < -0.3 is 14.0 Å². The molecule has 0 fully saturated rings. The van der Waals surface area contributed by atoms with Crippen molar-refractivity contribution in [2.75, 3.05) is 0 Å². The Labute approximate surface area is 264 Å². The molecule has 7 aromatic rings. The molecule has 0 saturated carbocycles. The van der Waals surface area contributed by atoms with Crippen LogP contribution in [0.5, 0.6) is 0 Å². The Morgan fingerprint density at radius 1 is 0.907 bits per heavy atom. The topological polar surface area (TPSA) is 56.7 Å². The van der Waals surface area contributed by atoms with E-state index in [-0.39, 0.29) is 20.1 Å². The third-order valence-electron chi connectivity index (χ3n) is 7.83. The molecule has 0 spiro atoms. The predicted molar refractivity (Wildman–Crippen MR) is 170 cm³/mol. The molecule has 3 aromatic carbocycles. The van der Waals surface area contributed by atoms with E-state index in [0.29, 0.717) is 11.6 Å². The first-order chi connectivity index (χ1) is 20.5. The molecule has 8 rings (SSSR count). The van der Waals surface area contributed by atoms with Gasteiger partial charge in [0.15, 0.2) is 0 Å². The predicted octanol–water partition coefficient (Wildman–Crippen LogP) is 9.11. The molecule has 4 aromatic heterocycles. The van der Waals surface area contributed by atoms with Crippen LogP contribution in [0, 0.1) is 26.0 Å². The average molecular weight is 739 g/mol. The standard InChI is InChI=1S/C20H17N2O.C17H13N2.Ir/c1-12(2)14-9-10-21-18(11-14)17-6-4-5-15-16-8-7-13(3)22-20(16)23-19(15)17;1-12-9-10-15-16-14(12)8-5-11-19(16)17(18-15)13-6-3-2-4-7-13;/h4-5,7-12H,1-3H3;2-6,8-10H,11H2,1H3;/q2*-1;. The van der Waals surface area contributed by atoms with Crippen molar-refractivity contribution in [3.05, 3.63) is 120 Å². The zero-order chi connectivity index (χ0) is 28.8. The molecule has 0 amide bonds. The molecule has 1 aliphatic rings. The Balaban J connectivity index is 0.000000152. The van der Waals surface area contributed by atoms with E-state index in [1.54, 1.807) is 0 Å². The Morgan fingerprint density at radius 3 is 2.60 bits per heavy atom. The van der Waals surface area contributed by atoms with Crippen LogP contribution in [0.1, 0.15) is 42.1 Å². The summed E-state index contributed by atoms with van der Waals surface area (Å²) in [6, 6.07) is 31.0. The summed E-state index contributed by atoms with van der Waals surface area (Å²) in [7, 11) is 0. The summed E-state index contributed by atoms with van der Waals surface area (Å²) in [5, 5.41) is 2.08. The van der Waals surface area contributed by atoms with Crippen LogP contribution in [-0.2, 0) is 26.7 Å². The normalized spacial score (nSPS) is 12.0. The van der Waals surface area contributed by atoms with Crippen molar-refractivity contribution >= 4 is 39.2 Å². The number of furan rings is 1. The van der Waals surface area contributed by atoms with Crippen molar-refractivity contribution in [3.63, 3.8) is 0 Å². The van der Waals surface area contributed by atoms with Gasteiger partial charge in [-0.3, -0.25) is 4.98 Å².